The van der Waals surface area contributed by atoms with Crippen molar-refractivity contribution in [1.29, 1.82) is 0 Å². The molecule has 1 saturated carbocycles. The third kappa shape index (κ3) is 3.39. The average Bonchev–Trinajstić information content (AvgIpc) is 2.71. The molecule has 1 aromatic rings. The molecule has 0 saturated heterocycles. The van der Waals surface area contributed by atoms with Gasteiger partial charge in [-0.3, -0.25) is 9.48 Å². The van der Waals surface area contributed by atoms with Gasteiger partial charge in [0.15, 0.2) is 6.29 Å². The number of aldehydes is 1. The Labute approximate surface area is 112 Å². The third-order valence-corrected chi connectivity index (χ3v) is 3.60. The first-order valence-electron chi connectivity index (χ1n) is 6.81. The minimum absolute atomic E-state index is 0.00626. The van der Waals surface area contributed by atoms with Gasteiger partial charge in [-0.05, 0) is 18.8 Å². The van der Waals surface area contributed by atoms with Gasteiger partial charge in [-0.1, -0.05) is 13.8 Å². The summed E-state index contributed by atoms with van der Waals surface area (Å²) in [5, 5.41) is 4.43. The summed E-state index contributed by atoms with van der Waals surface area (Å²) in [4.78, 5) is 11.1. The minimum Gasteiger partial charge on any atom is -0.298 e. The van der Waals surface area contributed by atoms with Crippen molar-refractivity contribution in [3.8, 4) is 0 Å². The molecule has 0 bridgehead atoms. The monoisotopic (exact) mass is 270 g/mol. The minimum atomic E-state index is -2.54. The van der Waals surface area contributed by atoms with Crippen LogP contribution in [0.3, 0.4) is 0 Å². The van der Waals surface area contributed by atoms with Crippen LogP contribution < -0.4 is 0 Å². The maximum atomic E-state index is 13.2. The van der Waals surface area contributed by atoms with E-state index < -0.39 is 5.92 Å². The Morgan fingerprint density at radius 2 is 2.11 bits per heavy atom. The van der Waals surface area contributed by atoms with Crippen molar-refractivity contribution in [1.82, 2.24) is 9.78 Å². The Balaban J connectivity index is 2.15. The molecule has 0 aliphatic heterocycles. The van der Waals surface area contributed by atoms with Crippen LogP contribution in [0.4, 0.5) is 8.78 Å². The van der Waals surface area contributed by atoms with Crippen LogP contribution in [0.15, 0.2) is 6.20 Å². The summed E-state index contributed by atoms with van der Waals surface area (Å²) in [7, 11) is 0. The van der Waals surface area contributed by atoms with E-state index in [4.69, 9.17) is 0 Å². The number of hydrogen-bond donors (Lipinski definition) is 0. The molecule has 0 amide bonds. The Morgan fingerprint density at radius 1 is 1.47 bits per heavy atom. The lowest BCUT2D eigenvalue weighted by molar-refractivity contribution is -0.0385. The van der Waals surface area contributed by atoms with Gasteiger partial charge in [0.05, 0.1) is 11.3 Å². The smallest absolute Gasteiger partial charge is 0.248 e. The van der Waals surface area contributed by atoms with Crippen LogP contribution in [0.2, 0.25) is 0 Å². The average molecular weight is 270 g/mol. The highest BCUT2D eigenvalue weighted by Gasteiger charge is 2.36. The lowest BCUT2D eigenvalue weighted by atomic mass is 9.84. The van der Waals surface area contributed by atoms with Gasteiger partial charge in [-0.2, -0.15) is 5.10 Å². The number of carbonyl (C=O) groups excluding carboxylic acids is 1. The maximum Gasteiger partial charge on any atom is 0.248 e. The molecular weight excluding hydrogens is 250 g/mol. The molecule has 1 fully saturated rings. The van der Waals surface area contributed by atoms with Crippen molar-refractivity contribution in [2.24, 2.45) is 5.92 Å². The summed E-state index contributed by atoms with van der Waals surface area (Å²) < 4.78 is 28.1. The van der Waals surface area contributed by atoms with Crippen LogP contribution in [-0.4, -0.2) is 22.0 Å². The molecule has 3 nitrogen and oxygen atoms in total. The van der Waals surface area contributed by atoms with E-state index in [1.54, 1.807) is 10.9 Å². The van der Waals surface area contributed by atoms with E-state index in [1.807, 2.05) is 0 Å². The van der Waals surface area contributed by atoms with Crippen LogP contribution in [-0.2, 0) is 6.54 Å². The van der Waals surface area contributed by atoms with Crippen molar-refractivity contribution in [2.75, 3.05) is 0 Å². The molecule has 1 aliphatic rings. The number of nitrogens with zero attached hydrogens (tertiary/aromatic N) is 2. The third-order valence-electron chi connectivity index (χ3n) is 3.60. The van der Waals surface area contributed by atoms with Gasteiger partial charge in [0.25, 0.3) is 0 Å². The zero-order chi connectivity index (χ0) is 14.0. The van der Waals surface area contributed by atoms with Gasteiger partial charge < -0.3 is 0 Å². The van der Waals surface area contributed by atoms with Gasteiger partial charge in [0.2, 0.25) is 5.92 Å². The lowest BCUT2D eigenvalue weighted by Crippen LogP contribution is -2.24. The second-order valence-electron chi connectivity index (χ2n) is 5.83. The van der Waals surface area contributed by atoms with Crippen molar-refractivity contribution in [2.45, 2.75) is 57.9 Å². The first-order valence-corrected chi connectivity index (χ1v) is 6.81. The Hall–Kier alpha value is -1.26. The normalized spacial score (nSPS) is 19.8. The molecule has 1 heterocycles. The Kier molecular flexibility index (Phi) is 4.02. The molecular formula is C14H20F2N2O. The first-order chi connectivity index (χ1) is 8.91. The van der Waals surface area contributed by atoms with E-state index in [2.05, 4.69) is 18.9 Å². The van der Waals surface area contributed by atoms with E-state index >= 15 is 0 Å². The van der Waals surface area contributed by atoms with Gasteiger partial charge in [-0.25, -0.2) is 8.78 Å². The molecule has 106 valence electrons. The molecule has 0 N–H and O–H groups in total. The Bertz CT molecular complexity index is 444. The summed E-state index contributed by atoms with van der Waals surface area (Å²) in [5.74, 6) is -2.12. The number of rotatable bonds is 4. The van der Waals surface area contributed by atoms with E-state index in [-0.39, 0.29) is 18.8 Å². The molecule has 1 aliphatic carbocycles. The highest BCUT2D eigenvalue weighted by Crippen LogP contribution is 2.41. The molecule has 0 radical (unpaired) electrons. The van der Waals surface area contributed by atoms with Crippen LogP contribution >= 0.6 is 0 Å². The van der Waals surface area contributed by atoms with Crippen molar-refractivity contribution in [3.63, 3.8) is 0 Å². The molecule has 5 heteroatoms. The quantitative estimate of drug-likeness (QED) is 0.783. The van der Waals surface area contributed by atoms with E-state index in [0.29, 0.717) is 30.0 Å². The van der Waals surface area contributed by atoms with Crippen LogP contribution in [0.1, 0.15) is 61.5 Å². The van der Waals surface area contributed by atoms with Gasteiger partial charge in [0, 0.05) is 31.5 Å². The molecule has 19 heavy (non-hydrogen) atoms. The van der Waals surface area contributed by atoms with Crippen molar-refractivity contribution < 1.29 is 13.6 Å². The fourth-order valence-electron chi connectivity index (χ4n) is 2.64. The predicted molar refractivity (Wildman–Crippen MR) is 68.6 cm³/mol. The lowest BCUT2D eigenvalue weighted by Gasteiger charge is -2.27. The summed E-state index contributed by atoms with van der Waals surface area (Å²) in [6, 6.07) is 0. The fourth-order valence-corrected chi connectivity index (χ4v) is 2.64. The SMILES string of the molecule is CC(C)Cn1cc(C=O)c(C2CCC(F)(F)CC2)n1. The highest BCUT2D eigenvalue weighted by molar-refractivity contribution is 5.76. The highest BCUT2D eigenvalue weighted by atomic mass is 19.3. The number of halogens is 2. The summed E-state index contributed by atoms with van der Waals surface area (Å²) in [6.45, 7) is 4.88. The van der Waals surface area contributed by atoms with Gasteiger partial charge in [-0.15, -0.1) is 0 Å². The standard InChI is InChI=1S/C14H20F2N2O/c1-10(2)7-18-8-12(9-19)13(17-18)11-3-5-14(15,16)6-4-11/h8-11H,3-7H2,1-2H3. The van der Waals surface area contributed by atoms with E-state index in [0.717, 1.165) is 12.8 Å². The van der Waals surface area contributed by atoms with Crippen molar-refractivity contribution >= 4 is 6.29 Å². The number of carbonyl (C=O) groups is 1. The van der Waals surface area contributed by atoms with Crippen LogP contribution in [0.25, 0.3) is 0 Å². The van der Waals surface area contributed by atoms with Gasteiger partial charge in [0.1, 0.15) is 0 Å². The summed E-state index contributed by atoms with van der Waals surface area (Å²) in [5.41, 5.74) is 1.25. The topological polar surface area (TPSA) is 34.9 Å². The number of hydrogen-bond acceptors (Lipinski definition) is 2. The second-order valence-corrected chi connectivity index (χ2v) is 5.83. The molecule has 2 rings (SSSR count). The zero-order valence-electron chi connectivity index (χ0n) is 11.4. The van der Waals surface area contributed by atoms with Crippen LogP contribution in [0, 0.1) is 5.92 Å². The maximum absolute atomic E-state index is 13.2. The zero-order valence-corrected chi connectivity index (χ0v) is 11.4. The van der Waals surface area contributed by atoms with E-state index in [9.17, 15) is 13.6 Å². The molecule has 0 aromatic carbocycles. The molecule has 0 atom stereocenters. The van der Waals surface area contributed by atoms with Crippen molar-refractivity contribution in [3.05, 3.63) is 17.5 Å². The summed E-state index contributed by atoms with van der Waals surface area (Å²) in [6.07, 6.45) is 3.13. The Morgan fingerprint density at radius 3 is 2.63 bits per heavy atom. The molecule has 0 spiro atoms. The van der Waals surface area contributed by atoms with E-state index in [1.165, 1.54) is 0 Å². The van der Waals surface area contributed by atoms with Crippen LogP contribution in [0.5, 0.6) is 0 Å². The molecule has 0 unspecified atom stereocenters. The number of alkyl halides is 2. The predicted octanol–water partition coefficient (Wildman–Crippen LogP) is 3.64. The number of aromatic nitrogens is 2. The summed E-state index contributed by atoms with van der Waals surface area (Å²) >= 11 is 0. The first kappa shape index (κ1) is 14.2. The second kappa shape index (κ2) is 5.39. The fraction of sp³-hybridized carbons (Fsp3) is 0.714. The molecule has 1 aromatic heterocycles. The van der Waals surface area contributed by atoms with Gasteiger partial charge >= 0.3 is 0 Å². The largest absolute Gasteiger partial charge is 0.298 e.